The van der Waals surface area contributed by atoms with Gasteiger partial charge in [-0.05, 0) is 29.5 Å². The van der Waals surface area contributed by atoms with Crippen LogP contribution in [0.3, 0.4) is 0 Å². The molecule has 178 valence electrons. The molecule has 0 aliphatic carbocycles. The number of nitrogens with zero attached hydrogens (tertiary/aromatic N) is 4. The lowest BCUT2D eigenvalue weighted by atomic mass is 9.89. The van der Waals surface area contributed by atoms with Crippen molar-refractivity contribution in [3.63, 3.8) is 0 Å². The van der Waals surface area contributed by atoms with E-state index in [1.807, 2.05) is 42.7 Å². The van der Waals surface area contributed by atoms with Crippen LogP contribution in [-0.2, 0) is 11.8 Å². The van der Waals surface area contributed by atoms with Crippen molar-refractivity contribution in [1.82, 2.24) is 25.1 Å². The van der Waals surface area contributed by atoms with E-state index in [1.165, 1.54) is 10.4 Å². The summed E-state index contributed by atoms with van der Waals surface area (Å²) >= 11 is 1.73. The third kappa shape index (κ3) is 4.94. The second kappa shape index (κ2) is 9.56. The van der Waals surface area contributed by atoms with Gasteiger partial charge in [0.25, 0.3) is 0 Å². The summed E-state index contributed by atoms with van der Waals surface area (Å²) in [6.07, 6.45) is 8.09. The van der Waals surface area contributed by atoms with Gasteiger partial charge in [0.2, 0.25) is 0 Å². The summed E-state index contributed by atoms with van der Waals surface area (Å²) in [5, 5.41) is 10.7. The second-order valence-corrected chi connectivity index (χ2v) is 10.7. The average molecular weight is 484 g/mol. The molecule has 4 aromatic heterocycles. The van der Waals surface area contributed by atoms with Gasteiger partial charge in [0, 0.05) is 52.7 Å². The molecule has 8 heteroatoms. The predicted octanol–water partition coefficient (Wildman–Crippen LogP) is 5.42. The number of anilines is 1. The Morgan fingerprint density at radius 3 is 2.49 bits per heavy atom. The Morgan fingerprint density at radius 1 is 1.03 bits per heavy atom. The van der Waals surface area contributed by atoms with Gasteiger partial charge in [0.1, 0.15) is 5.82 Å². The zero-order valence-electron chi connectivity index (χ0n) is 20.1. The van der Waals surface area contributed by atoms with Gasteiger partial charge in [-0.3, -0.25) is 10.1 Å². The number of pyridine rings is 1. The first kappa shape index (κ1) is 23.1. The number of aromatic nitrogens is 5. The van der Waals surface area contributed by atoms with Crippen LogP contribution in [0.4, 0.5) is 5.82 Å². The van der Waals surface area contributed by atoms with E-state index >= 15 is 0 Å². The van der Waals surface area contributed by atoms with Crippen LogP contribution in [0.1, 0.15) is 31.2 Å². The van der Waals surface area contributed by atoms with Gasteiger partial charge in [-0.2, -0.15) is 5.10 Å². The summed E-state index contributed by atoms with van der Waals surface area (Å²) in [5.41, 5.74) is 11.6. The molecule has 0 aliphatic rings. The zero-order valence-corrected chi connectivity index (χ0v) is 20.9. The lowest BCUT2D eigenvalue weighted by molar-refractivity contribution is 0.605. The number of thiophene rings is 1. The van der Waals surface area contributed by atoms with E-state index < -0.39 is 0 Å². The average Bonchev–Trinajstić information content (AvgIpc) is 3.51. The van der Waals surface area contributed by atoms with Gasteiger partial charge in [-0.1, -0.05) is 51.1 Å². The number of nitrogens with two attached hydrogens (primary N) is 1. The van der Waals surface area contributed by atoms with Crippen LogP contribution in [0, 0.1) is 0 Å². The molecule has 0 fully saturated rings. The van der Waals surface area contributed by atoms with Crippen LogP contribution < -0.4 is 11.1 Å². The zero-order chi connectivity index (χ0) is 24.4. The fourth-order valence-electron chi connectivity index (χ4n) is 4.13. The number of nitrogens with one attached hydrogen (secondary N) is 2. The van der Waals surface area contributed by atoms with Crippen LogP contribution in [-0.4, -0.2) is 37.7 Å². The highest BCUT2D eigenvalue weighted by Crippen LogP contribution is 2.46. The first-order valence-corrected chi connectivity index (χ1v) is 12.5. The molecule has 0 spiro atoms. The summed E-state index contributed by atoms with van der Waals surface area (Å²) in [5.74, 6) is 1.46. The largest absolute Gasteiger partial charge is 0.367 e. The van der Waals surface area contributed by atoms with Crippen LogP contribution in [0.15, 0.2) is 67.3 Å². The number of rotatable bonds is 7. The smallest absolute Gasteiger partial charge is 0.162 e. The van der Waals surface area contributed by atoms with Gasteiger partial charge in [-0.25, -0.2) is 9.97 Å². The summed E-state index contributed by atoms with van der Waals surface area (Å²) in [7, 11) is 0. The quantitative estimate of drug-likeness (QED) is 0.285. The Bertz CT molecular complexity index is 1410. The molecule has 5 rings (SSSR count). The maximum Gasteiger partial charge on any atom is 0.162 e. The minimum Gasteiger partial charge on any atom is -0.367 e. The maximum absolute atomic E-state index is 6.51. The molecular formula is C27H29N7S. The molecule has 35 heavy (non-hydrogen) atoms. The highest BCUT2D eigenvalue weighted by molar-refractivity contribution is 7.20. The van der Waals surface area contributed by atoms with Gasteiger partial charge in [0.05, 0.1) is 16.4 Å². The van der Waals surface area contributed by atoms with Crippen molar-refractivity contribution in [2.24, 2.45) is 5.73 Å². The SMILES string of the molecule is CC(C)(C)c1sc2c(NCC(N)Cc3ccccc3)nc(-c3ccncc3)nc2c1-c1cn[nH]c1. The van der Waals surface area contributed by atoms with Crippen LogP contribution in [0.5, 0.6) is 0 Å². The first-order chi connectivity index (χ1) is 16.9. The highest BCUT2D eigenvalue weighted by Gasteiger charge is 2.27. The summed E-state index contributed by atoms with van der Waals surface area (Å²) in [4.78, 5) is 15.4. The number of benzene rings is 1. The number of hydrogen-bond acceptors (Lipinski definition) is 7. The fourth-order valence-corrected chi connectivity index (χ4v) is 5.41. The molecular weight excluding hydrogens is 454 g/mol. The minimum atomic E-state index is -0.0736. The van der Waals surface area contributed by atoms with Crippen LogP contribution in [0.2, 0.25) is 0 Å². The minimum absolute atomic E-state index is 0.0535. The number of fused-ring (bicyclic) bond motifs is 1. The van der Waals surface area contributed by atoms with E-state index in [0.717, 1.165) is 39.1 Å². The molecule has 4 heterocycles. The lowest BCUT2D eigenvalue weighted by Gasteiger charge is -2.18. The van der Waals surface area contributed by atoms with Crippen LogP contribution >= 0.6 is 11.3 Å². The van der Waals surface area contributed by atoms with Gasteiger partial charge >= 0.3 is 0 Å². The Hall–Kier alpha value is -3.62. The molecule has 0 radical (unpaired) electrons. The van der Waals surface area contributed by atoms with Crippen molar-refractivity contribution in [3.05, 3.63) is 77.7 Å². The van der Waals surface area contributed by atoms with Crippen LogP contribution in [0.25, 0.3) is 32.7 Å². The Morgan fingerprint density at radius 2 is 1.80 bits per heavy atom. The van der Waals surface area contributed by atoms with E-state index in [4.69, 9.17) is 15.7 Å². The van der Waals surface area contributed by atoms with Crippen molar-refractivity contribution < 1.29 is 0 Å². The summed E-state index contributed by atoms with van der Waals surface area (Å²) in [6, 6.07) is 14.1. The number of H-pyrrole nitrogens is 1. The molecule has 0 bridgehead atoms. The second-order valence-electron chi connectivity index (χ2n) is 9.68. The maximum atomic E-state index is 6.51. The highest BCUT2D eigenvalue weighted by atomic mass is 32.1. The third-order valence-electron chi connectivity index (χ3n) is 5.81. The van der Waals surface area contributed by atoms with E-state index in [2.05, 4.69) is 53.4 Å². The molecule has 5 aromatic rings. The number of hydrogen-bond donors (Lipinski definition) is 3. The topological polar surface area (TPSA) is 105 Å². The van der Waals surface area contributed by atoms with E-state index in [9.17, 15) is 0 Å². The van der Waals surface area contributed by atoms with Crippen molar-refractivity contribution in [1.29, 1.82) is 0 Å². The van der Waals surface area contributed by atoms with Gasteiger partial charge in [-0.15, -0.1) is 11.3 Å². The van der Waals surface area contributed by atoms with E-state index in [-0.39, 0.29) is 11.5 Å². The van der Waals surface area contributed by atoms with Gasteiger partial charge < -0.3 is 11.1 Å². The molecule has 4 N–H and O–H groups in total. The first-order valence-electron chi connectivity index (χ1n) is 11.7. The third-order valence-corrected chi connectivity index (χ3v) is 7.42. The van der Waals surface area contributed by atoms with Crippen molar-refractivity contribution >= 4 is 27.4 Å². The Kier molecular flexibility index (Phi) is 6.32. The van der Waals surface area contributed by atoms with E-state index in [0.29, 0.717) is 12.4 Å². The normalized spacial score (nSPS) is 12.7. The molecule has 0 amide bonds. The fraction of sp³-hybridized carbons (Fsp3) is 0.259. The Balaban J connectivity index is 1.60. The summed E-state index contributed by atoms with van der Waals surface area (Å²) in [6.45, 7) is 7.27. The van der Waals surface area contributed by atoms with E-state index in [1.54, 1.807) is 23.7 Å². The predicted molar refractivity (Wildman–Crippen MR) is 144 cm³/mol. The Labute approximate surface area is 208 Å². The molecule has 0 saturated carbocycles. The molecule has 1 aromatic carbocycles. The van der Waals surface area contributed by atoms with Gasteiger partial charge in [0.15, 0.2) is 5.82 Å². The molecule has 1 unspecified atom stereocenters. The lowest BCUT2D eigenvalue weighted by Crippen LogP contribution is -2.31. The molecule has 0 aliphatic heterocycles. The molecule has 0 saturated heterocycles. The molecule has 7 nitrogen and oxygen atoms in total. The van der Waals surface area contributed by atoms with Crippen molar-refractivity contribution in [2.45, 2.75) is 38.6 Å². The monoisotopic (exact) mass is 483 g/mol. The molecule has 1 atom stereocenters. The number of aromatic amines is 1. The van der Waals surface area contributed by atoms with Crippen molar-refractivity contribution in [3.8, 4) is 22.5 Å². The van der Waals surface area contributed by atoms with Crippen molar-refractivity contribution in [2.75, 3.05) is 11.9 Å². The standard InChI is InChI=1S/C27H29N7S/c1-27(2,3)24-21(19-14-31-32-15-19)22-23(35-24)26(34-25(33-22)18-9-11-29-12-10-18)30-16-20(28)13-17-7-5-4-6-8-17/h4-12,14-15,20H,13,16,28H2,1-3H3,(H,31,32)(H,30,33,34). The summed E-state index contributed by atoms with van der Waals surface area (Å²) < 4.78 is 1.02.